The lowest BCUT2D eigenvalue weighted by Gasteiger charge is -2.49. The van der Waals surface area contributed by atoms with Gasteiger partial charge >= 0.3 is 11.9 Å². The molecule has 1 amide bonds. The first-order valence-corrected chi connectivity index (χ1v) is 31.8. The van der Waals surface area contributed by atoms with Crippen LogP contribution in [0.5, 0.6) is 0 Å². The van der Waals surface area contributed by atoms with Crippen LogP contribution in [0.3, 0.4) is 0 Å². The van der Waals surface area contributed by atoms with Crippen LogP contribution in [0.25, 0.3) is 11.3 Å². The molecule has 2 aromatic heterocycles. The van der Waals surface area contributed by atoms with E-state index in [2.05, 4.69) is 30.5 Å². The lowest BCUT2D eigenvalue weighted by atomic mass is 9.77. The third kappa shape index (κ3) is 16.7. The van der Waals surface area contributed by atoms with Crippen LogP contribution in [0.15, 0.2) is 79.3 Å². The quantitative estimate of drug-likeness (QED) is 0.0660. The number of amides is 1. The van der Waals surface area contributed by atoms with Gasteiger partial charge in [-0.3, -0.25) is 24.3 Å². The molecule has 6 heterocycles. The van der Waals surface area contributed by atoms with Crippen molar-refractivity contribution < 1.29 is 68.0 Å². The molecule has 4 aliphatic heterocycles. The first kappa shape index (κ1) is 70.1. The molecule has 0 radical (unpaired) electrons. The van der Waals surface area contributed by atoms with Gasteiger partial charge in [0.1, 0.15) is 23.9 Å². The smallest absolute Gasteiger partial charge is 0.320 e. The number of nitrogens with one attached hydrogen (secondary N) is 2. The second kappa shape index (κ2) is 29.9. The summed E-state index contributed by atoms with van der Waals surface area (Å²) in [6.45, 7) is 22.2. The summed E-state index contributed by atoms with van der Waals surface area (Å²) < 4.78 is 45.6. The number of nitrogens with zero attached hydrogens (tertiary/aromatic N) is 7. The number of hydrogen-bond donors (Lipinski definition) is 6. The number of hydrogen-bond acceptors (Lipinski definition) is 22. The molecule has 2 aromatic carbocycles. The number of esters is 2. The number of carbonyl (C=O) groups excluding carboxylic acids is 3. The number of piperazine rings is 1. The van der Waals surface area contributed by atoms with Gasteiger partial charge in [0.15, 0.2) is 18.7 Å². The van der Waals surface area contributed by atoms with E-state index in [1.54, 1.807) is 72.3 Å². The Morgan fingerprint density at radius 3 is 2.24 bits per heavy atom. The molecule has 0 bridgehead atoms. The fourth-order valence-corrected chi connectivity index (χ4v) is 13.5. The number of carbonyl (C=O) groups is 3. The van der Waals surface area contributed by atoms with Crippen molar-refractivity contribution in [3.05, 3.63) is 90.4 Å². The number of rotatable bonds is 16. The number of aromatic nitrogens is 3. The summed E-state index contributed by atoms with van der Waals surface area (Å²) in [5.74, 6) is -3.25. The Hall–Kier alpha value is -5.80. The number of aliphatic hydroxyl groups excluding tert-OH is 2. The van der Waals surface area contributed by atoms with Crippen LogP contribution >= 0.6 is 0 Å². The first-order valence-electron chi connectivity index (χ1n) is 31.8. The number of cyclic esters (lactones) is 1. The van der Waals surface area contributed by atoms with Crippen LogP contribution in [0.2, 0.25) is 0 Å². The molecular weight excluding hydrogens is 1150 g/mol. The fraction of sp³-hybridized carbons (Fsp3) is 0.642. The number of pyridine rings is 1. The maximum absolute atomic E-state index is 14.7. The number of methoxy groups -OCH3 is 1. The van der Waals surface area contributed by atoms with Crippen molar-refractivity contribution in [3.63, 3.8) is 0 Å². The zero-order valence-corrected chi connectivity index (χ0v) is 55.2. The van der Waals surface area contributed by atoms with E-state index in [1.165, 1.54) is 14.0 Å². The van der Waals surface area contributed by atoms with Crippen LogP contribution in [0.1, 0.15) is 111 Å². The second-order valence-corrected chi connectivity index (χ2v) is 26.6. The third-order valence-electron chi connectivity index (χ3n) is 19.0. The van der Waals surface area contributed by atoms with Crippen molar-refractivity contribution in [3.8, 4) is 11.3 Å². The van der Waals surface area contributed by atoms with Crippen molar-refractivity contribution in [2.75, 3.05) is 83.1 Å². The largest absolute Gasteiger partial charge is 0.459 e. The Kier molecular flexibility index (Phi) is 23.3. The summed E-state index contributed by atoms with van der Waals surface area (Å²) in [6, 6.07) is 17.7. The molecule has 0 spiro atoms. The molecule has 0 saturated carbocycles. The summed E-state index contributed by atoms with van der Waals surface area (Å²) in [6.07, 6.45) is -4.02. The van der Waals surface area contributed by atoms with Crippen LogP contribution in [-0.2, 0) is 42.7 Å². The van der Waals surface area contributed by atoms with Gasteiger partial charge in [-0.05, 0) is 162 Å². The summed E-state index contributed by atoms with van der Waals surface area (Å²) in [5.41, 5.74) is 0.662. The minimum atomic E-state index is -1.86. The predicted molar refractivity (Wildman–Crippen MR) is 341 cm³/mol. The molecule has 90 heavy (non-hydrogen) atoms. The Labute approximate surface area is 531 Å². The summed E-state index contributed by atoms with van der Waals surface area (Å²) in [7, 11) is 7.16. The Morgan fingerprint density at radius 1 is 0.878 bits per heavy atom. The van der Waals surface area contributed by atoms with Gasteiger partial charge < -0.3 is 78.9 Å². The summed E-state index contributed by atoms with van der Waals surface area (Å²) in [4.78, 5) is 64.1. The molecular formula is C67H99N9O14. The van der Waals surface area contributed by atoms with Crippen LogP contribution in [-0.4, -0.2) is 226 Å². The molecule has 18 atom stereocenters. The van der Waals surface area contributed by atoms with E-state index in [9.17, 15) is 34.8 Å². The zero-order valence-electron chi connectivity index (χ0n) is 55.2. The molecule has 4 aliphatic rings. The molecule has 23 nitrogen and oxygen atoms in total. The zero-order chi connectivity index (χ0) is 65.6. The van der Waals surface area contributed by atoms with Crippen LogP contribution < -0.4 is 15.5 Å². The number of benzene rings is 2. The molecule has 8 rings (SSSR count). The average Bonchev–Trinajstić information content (AvgIpc) is 1.01. The van der Waals surface area contributed by atoms with Crippen molar-refractivity contribution in [1.82, 2.24) is 29.7 Å². The van der Waals surface area contributed by atoms with Gasteiger partial charge in [-0.2, -0.15) is 0 Å². The normalized spacial score (nSPS) is 34.6. The number of aryl methyl sites for hydroxylation is 1. The molecule has 4 saturated heterocycles. The van der Waals surface area contributed by atoms with Gasteiger partial charge in [-0.25, -0.2) is 9.97 Å². The van der Waals surface area contributed by atoms with Gasteiger partial charge in [0.25, 0.3) is 5.91 Å². The lowest BCUT2D eigenvalue weighted by Crippen LogP contribution is -2.61. The number of anilines is 4. The van der Waals surface area contributed by atoms with Crippen LogP contribution in [0.4, 0.5) is 23.0 Å². The molecule has 6 N–H and O–H groups in total. The standard InChI is InChI=1S/C67H99N9O14/c1-16-53-67(11,83)58(78)44(7)74(14)37-39(2)34-65(9,82)60(42(5)56(43(6)62(81)87-53)89-55-35-66(10,84-15)59(79)45(8)86-55)90-63-57(52(73(12)13)32-41(4)85-63)88-54(77)38-75-28-30-76(31-29-75)49-23-20-46(21-24-49)61(80)70-48-22-19-40(3)51(33-48)72-64-69-27-25-50(71-64)47-18-17-26-68-36-47/h17-27,33,36,39,41-45,52-53,55-60,63,78-79,82-83H,16,28-32,34-35,37-38H2,1-15H3,(H,70,80)(H,69,71,72)/t39-,41-,42+,43-,44-,45+,52?,53-,55+,56+,57?,58-,59+,60-,63+,65-,66-,67-/m1/s1. The van der Waals surface area contributed by atoms with Gasteiger partial charge in [0.05, 0.1) is 59.8 Å². The first-order chi connectivity index (χ1) is 42.5. The summed E-state index contributed by atoms with van der Waals surface area (Å²) in [5, 5.41) is 54.4. The highest BCUT2D eigenvalue weighted by atomic mass is 16.7. The van der Waals surface area contributed by atoms with Crippen molar-refractivity contribution in [1.29, 1.82) is 0 Å². The highest BCUT2D eigenvalue weighted by Gasteiger charge is 2.53. The van der Waals surface area contributed by atoms with E-state index >= 15 is 0 Å². The predicted octanol–water partition coefficient (Wildman–Crippen LogP) is 6.43. The molecule has 496 valence electrons. The number of aliphatic hydroxyl groups is 4. The second-order valence-electron chi connectivity index (χ2n) is 26.6. The monoisotopic (exact) mass is 1250 g/mol. The van der Waals surface area contributed by atoms with Crippen molar-refractivity contribution in [2.24, 2.45) is 17.8 Å². The van der Waals surface area contributed by atoms with E-state index in [0.29, 0.717) is 56.3 Å². The van der Waals surface area contributed by atoms with Crippen molar-refractivity contribution >= 4 is 40.9 Å². The Morgan fingerprint density at radius 2 is 1.59 bits per heavy atom. The average molecular weight is 1250 g/mol. The third-order valence-corrected chi connectivity index (χ3v) is 19.0. The van der Waals surface area contributed by atoms with E-state index in [-0.39, 0.29) is 49.8 Å². The van der Waals surface area contributed by atoms with Gasteiger partial charge in [-0.15, -0.1) is 0 Å². The molecule has 23 heteroatoms. The number of likely N-dealkylation sites (N-methyl/N-ethyl adjacent to an activating group) is 2. The molecule has 4 aromatic rings. The summed E-state index contributed by atoms with van der Waals surface area (Å²) >= 11 is 0. The van der Waals surface area contributed by atoms with Crippen molar-refractivity contribution in [2.45, 2.75) is 192 Å². The fourth-order valence-electron chi connectivity index (χ4n) is 13.5. The van der Waals surface area contributed by atoms with E-state index in [0.717, 1.165) is 28.2 Å². The topological polar surface area (TPSA) is 272 Å². The Balaban J connectivity index is 0.965. The maximum Gasteiger partial charge on any atom is 0.320 e. The maximum atomic E-state index is 14.7. The minimum Gasteiger partial charge on any atom is -0.459 e. The van der Waals surface area contributed by atoms with E-state index < -0.39 is 102 Å². The highest BCUT2D eigenvalue weighted by molar-refractivity contribution is 6.04. The van der Waals surface area contributed by atoms with Crippen LogP contribution in [0, 0.1) is 24.7 Å². The number of ether oxygens (including phenoxy) is 7. The van der Waals surface area contributed by atoms with Gasteiger partial charge in [0.2, 0.25) is 5.95 Å². The highest BCUT2D eigenvalue weighted by Crippen LogP contribution is 2.41. The Bertz CT molecular complexity index is 3010. The lowest BCUT2D eigenvalue weighted by molar-refractivity contribution is -0.319. The van der Waals surface area contributed by atoms with Gasteiger partial charge in [0, 0.05) is 105 Å². The van der Waals surface area contributed by atoms with E-state index in [1.807, 2.05) is 112 Å². The molecule has 4 fully saturated rings. The minimum absolute atomic E-state index is 0.0152. The SMILES string of the molecule is CC[C@H]1OC(=O)[C@H](C)[C@@H](O[C@H]2C[C@@](C)(OC)[C@@H](O)[C@H](C)O2)[C@H](C)[C@@H](O[C@@H]2O[C@H](C)CC(N(C)C)C2OC(=O)CN2CCN(c3ccc(C(=O)Nc4ccc(C)c(Nc5nccc(-c6cccnc6)n5)c4)cc3)CC2)[C@](C)(O)C[C@@H](C)CN(C)[C@H](C)[C@@H](O)[C@]1(C)O. The van der Waals surface area contributed by atoms with Gasteiger partial charge in [-0.1, -0.05) is 26.8 Å². The van der Waals surface area contributed by atoms with E-state index in [4.69, 9.17) is 33.2 Å². The molecule has 2 unspecified atom stereocenters. The molecule has 0 aliphatic carbocycles.